The van der Waals surface area contributed by atoms with Gasteiger partial charge in [-0.15, -0.1) is 0 Å². The van der Waals surface area contributed by atoms with Gasteiger partial charge in [-0.3, -0.25) is 0 Å². The molecule has 0 saturated heterocycles. The van der Waals surface area contributed by atoms with Crippen molar-refractivity contribution >= 4 is 38.0 Å². The SMILES string of the molecule is CCOC(=O)N(CCCCCBr)CCCCCBr. The predicted octanol–water partition coefficient (Wildman–Crippen LogP) is 4.58. The average molecular weight is 387 g/mol. The Balaban J connectivity index is 3.88. The highest BCUT2D eigenvalue weighted by Crippen LogP contribution is 2.06. The summed E-state index contributed by atoms with van der Waals surface area (Å²) >= 11 is 6.84. The predicted molar refractivity (Wildman–Crippen MR) is 83.9 cm³/mol. The van der Waals surface area contributed by atoms with Crippen molar-refractivity contribution in [3.05, 3.63) is 0 Å². The molecule has 0 aromatic rings. The summed E-state index contributed by atoms with van der Waals surface area (Å²) in [5, 5.41) is 2.08. The Morgan fingerprint density at radius 2 is 1.44 bits per heavy atom. The molecule has 0 bridgehead atoms. The van der Waals surface area contributed by atoms with Crippen LogP contribution in [-0.2, 0) is 4.74 Å². The number of alkyl halides is 2. The fourth-order valence-corrected chi connectivity index (χ4v) is 2.45. The number of halogens is 2. The van der Waals surface area contributed by atoms with Gasteiger partial charge in [0.05, 0.1) is 6.61 Å². The second kappa shape index (κ2) is 13.7. The van der Waals surface area contributed by atoms with Crippen molar-refractivity contribution in [3.8, 4) is 0 Å². The Bertz CT molecular complexity index is 191. The molecule has 0 unspecified atom stereocenters. The standard InChI is InChI=1S/C13H25Br2NO2/c1-2-18-13(17)16(11-7-3-5-9-14)12-8-4-6-10-15/h2-12H2,1H3. The Morgan fingerprint density at radius 1 is 0.944 bits per heavy atom. The largest absolute Gasteiger partial charge is 0.450 e. The van der Waals surface area contributed by atoms with Gasteiger partial charge in [-0.2, -0.15) is 0 Å². The van der Waals surface area contributed by atoms with E-state index in [0.717, 1.165) is 49.4 Å². The first-order chi connectivity index (χ1) is 8.76. The lowest BCUT2D eigenvalue weighted by Crippen LogP contribution is -2.33. The van der Waals surface area contributed by atoms with Crippen molar-refractivity contribution in [1.82, 2.24) is 4.90 Å². The normalized spacial score (nSPS) is 10.4. The molecule has 0 fully saturated rings. The molecule has 0 radical (unpaired) electrons. The van der Waals surface area contributed by atoms with E-state index < -0.39 is 0 Å². The molecule has 18 heavy (non-hydrogen) atoms. The molecular formula is C13H25Br2NO2. The van der Waals surface area contributed by atoms with E-state index in [-0.39, 0.29) is 6.09 Å². The van der Waals surface area contributed by atoms with Crippen LogP contribution >= 0.6 is 31.9 Å². The van der Waals surface area contributed by atoms with Gasteiger partial charge in [-0.25, -0.2) is 4.79 Å². The number of nitrogens with zero attached hydrogens (tertiary/aromatic N) is 1. The number of amides is 1. The minimum atomic E-state index is -0.157. The summed E-state index contributed by atoms with van der Waals surface area (Å²) in [6, 6.07) is 0. The zero-order valence-electron chi connectivity index (χ0n) is 11.3. The smallest absolute Gasteiger partial charge is 0.409 e. The van der Waals surface area contributed by atoms with Crippen molar-refractivity contribution in [3.63, 3.8) is 0 Å². The van der Waals surface area contributed by atoms with Crippen LogP contribution in [0.2, 0.25) is 0 Å². The zero-order valence-corrected chi connectivity index (χ0v) is 14.5. The molecule has 3 nitrogen and oxygen atoms in total. The fourth-order valence-electron chi connectivity index (χ4n) is 1.66. The fraction of sp³-hybridized carbons (Fsp3) is 0.923. The third-order valence-corrected chi connectivity index (χ3v) is 3.77. The van der Waals surface area contributed by atoms with Gasteiger partial charge in [0.2, 0.25) is 0 Å². The van der Waals surface area contributed by atoms with Crippen LogP contribution in [0, 0.1) is 0 Å². The molecule has 0 atom stereocenters. The molecule has 0 heterocycles. The molecule has 1 amide bonds. The van der Waals surface area contributed by atoms with Crippen molar-refractivity contribution in [2.45, 2.75) is 45.4 Å². The van der Waals surface area contributed by atoms with Crippen LogP contribution in [0.3, 0.4) is 0 Å². The summed E-state index contributed by atoms with van der Waals surface area (Å²) < 4.78 is 5.09. The summed E-state index contributed by atoms with van der Waals surface area (Å²) in [5.74, 6) is 0. The van der Waals surface area contributed by atoms with Crippen LogP contribution < -0.4 is 0 Å². The molecule has 108 valence electrons. The van der Waals surface area contributed by atoms with Crippen LogP contribution in [0.1, 0.15) is 45.4 Å². The maximum absolute atomic E-state index is 11.8. The van der Waals surface area contributed by atoms with E-state index in [1.807, 2.05) is 11.8 Å². The number of unbranched alkanes of at least 4 members (excludes halogenated alkanes) is 4. The summed E-state index contributed by atoms with van der Waals surface area (Å²) in [7, 11) is 0. The highest BCUT2D eigenvalue weighted by atomic mass is 79.9. The van der Waals surface area contributed by atoms with Crippen LogP contribution in [0.15, 0.2) is 0 Å². The topological polar surface area (TPSA) is 29.5 Å². The van der Waals surface area contributed by atoms with E-state index >= 15 is 0 Å². The Hall–Kier alpha value is 0.230. The van der Waals surface area contributed by atoms with Gasteiger partial charge in [-0.1, -0.05) is 44.7 Å². The third kappa shape index (κ3) is 10.2. The van der Waals surface area contributed by atoms with Gasteiger partial charge in [0.25, 0.3) is 0 Å². The Kier molecular flexibility index (Phi) is 13.8. The molecule has 5 heteroatoms. The second-order valence-electron chi connectivity index (χ2n) is 4.19. The molecule has 0 aliphatic heterocycles. The van der Waals surface area contributed by atoms with E-state index in [2.05, 4.69) is 31.9 Å². The first-order valence-electron chi connectivity index (χ1n) is 6.79. The van der Waals surface area contributed by atoms with E-state index in [4.69, 9.17) is 4.74 Å². The second-order valence-corrected chi connectivity index (χ2v) is 5.77. The first kappa shape index (κ1) is 18.2. The maximum atomic E-state index is 11.8. The van der Waals surface area contributed by atoms with Crippen molar-refractivity contribution in [2.24, 2.45) is 0 Å². The van der Waals surface area contributed by atoms with Gasteiger partial charge in [0.1, 0.15) is 0 Å². The number of ether oxygens (including phenoxy) is 1. The molecule has 0 aliphatic rings. The lowest BCUT2D eigenvalue weighted by atomic mass is 10.2. The van der Waals surface area contributed by atoms with E-state index in [1.165, 1.54) is 12.8 Å². The number of hydrogen-bond donors (Lipinski definition) is 0. The number of hydrogen-bond acceptors (Lipinski definition) is 2. The van der Waals surface area contributed by atoms with Gasteiger partial charge >= 0.3 is 6.09 Å². The molecule has 0 saturated carbocycles. The van der Waals surface area contributed by atoms with Crippen LogP contribution in [0.4, 0.5) is 4.79 Å². The minimum Gasteiger partial charge on any atom is -0.450 e. The monoisotopic (exact) mass is 385 g/mol. The van der Waals surface area contributed by atoms with Crippen molar-refractivity contribution in [1.29, 1.82) is 0 Å². The van der Waals surface area contributed by atoms with E-state index in [9.17, 15) is 4.79 Å². The highest BCUT2D eigenvalue weighted by Gasteiger charge is 2.13. The van der Waals surface area contributed by atoms with Crippen molar-refractivity contribution < 1.29 is 9.53 Å². The molecule has 0 aromatic heterocycles. The number of rotatable bonds is 11. The Morgan fingerprint density at radius 3 is 1.83 bits per heavy atom. The quantitative estimate of drug-likeness (QED) is 0.384. The molecular weight excluding hydrogens is 362 g/mol. The zero-order chi connectivity index (χ0) is 13.6. The highest BCUT2D eigenvalue weighted by molar-refractivity contribution is 9.09. The van der Waals surface area contributed by atoms with Gasteiger partial charge < -0.3 is 9.64 Å². The van der Waals surface area contributed by atoms with Gasteiger partial charge in [0.15, 0.2) is 0 Å². The number of carbonyl (C=O) groups is 1. The van der Waals surface area contributed by atoms with Gasteiger partial charge in [-0.05, 0) is 32.6 Å². The third-order valence-electron chi connectivity index (χ3n) is 2.65. The lowest BCUT2D eigenvalue weighted by Gasteiger charge is -2.21. The average Bonchev–Trinajstić information content (AvgIpc) is 2.37. The van der Waals surface area contributed by atoms with Crippen molar-refractivity contribution in [2.75, 3.05) is 30.4 Å². The molecule has 0 aliphatic carbocycles. The molecule has 0 spiro atoms. The molecule has 0 N–H and O–H groups in total. The minimum absolute atomic E-state index is 0.157. The van der Waals surface area contributed by atoms with E-state index in [1.54, 1.807) is 0 Å². The van der Waals surface area contributed by atoms with E-state index in [0.29, 0.717) is 6.61 Å². The van der Waals surface area contributed by atoms with Crippen LogP contribution in [0.25, 0.3) is 0 Å². The summed E-state index contributed by atoms with van der Waals surface area (Å²) in [4.78, 5) is 13.6. The first-order valence-corrected chi connectivity index (χ1v) is 9.04. The lowest BCUT2D eigenvalue weighted by molar-refractivity contribution is 0.106. The number of carbonyl (C=O) groups excluding carboxylic acids is 1. The van der Waals surface area contributed by atoms with Gasteiger partial charge in [0, 0.05) is 23.7 Å². The van der Waals surface area contributed by atoms with Crippen LogP contribution in [0.5, 0.6) is 0 Å². The summed E-state index contributed by atoms with van der Waals surface area (Å²) in [6.07, 6.45) is 6.60. The molecule has 0 rings (SSSR count). The Labute approximate surface area is 128 Å². The maximum Gasteiger partial charge on any atom is 0.409 e. The van der Waals surface area contributed by atoms with Crippen LogP contribution in [-0.4, -0.2) is 41.3 Å². The summed E-state index contributed by atoms with van der Waals surface area (Å²) in [6.45, 7) is 3.95. The molecule has 0 aromatic carbocycles. The summed E-state index contributed by atoms with van der Waals surface area (Å²) in [5.41, 5.74) is 0.